The number of hydrogen-bond donors (Lipinski definition) is 0. The van der Waals surface area contributed by atoms with Gasteiger partial charge in [-0.2, -0.15) is 0 Å². The van der Waals surface area contributed by atoms with Gasteiger partial charge in [0.25, 0.3) is 0 Å². The molecule has 0 saturated heterocycles. The van der Waals surface area contributed by atoms with E-state index in [1.807, 2.05) is 54.7 Å². The molecule has 0 aliphatic heterocycles. The second kappa shape index (κ2) is 47.0. The Bertz CT molecular complexity index is 1410. The molecule has 0 fully saturated rings. The van der Waals surface area contributed by atoms with Gasteiger partial charge in [-0.25, -0.2) is 0 Å². The van der Waals surface area contributed by atoms with Crippen molar-refractivity contribution >= 4 is 17.9 Å². The second-order valence-electron chi connectivity index (χ2n) is 14.3. The molecule has 0 N–H and O–H groups in total. The van der Waals surface area contributed by atoms with Crippen LogP contribution in [0.15, 0.2) is 146 Å². The van der Waals surface area contributed by atoms with Crippen molar-refractivity contribution in [3.8, 4) is 0 Å². The molecule has 0 amide bonds. The standard InChI is InChI=1S/C54H80O6/c1-4-7-10-13-16-19-22-25-26-27-28-30-32-35-38-41-44-47-53(56)59-50-51(49-58-52(55)46-43-40-37-34-31-24-21-18-15-12-9-6-3)60-54(57)48-45-42-39-36-33-29-23-20-17-14-11-8-5-2/h7-12,14,16-21,23,25-26,28-30,33,35-36,38-39,51H,4-6,13,15,22,24,27,31-32,34,37,40-50H2,1-3H3/b10-7-,11-8-,12-9-,17-14-,19-16-,21-18-,23-20-,26-25-,30-28-,33-29-,38-35-,39-36-. The zero-order chi connectivity index (χ0) is 43.7. The molecule has 6 heteroatoms. The third-order valence-electron chi connectivity index (χ3n) is 8.70. The number of unbranched alkanes of at least 4 members (excludes halogenated alkanes) is 7. The van der Waals surface area contributed by atoms with Gasteiger partial charge in [-0.1, -0.05) is 186 Å². The Balaban J connectivity index is 4.64. The third kappa shape index (κ3) is 44.4. The van der Waals surface area contributed by atoms with Crippen molar-refractivity contribution in [2.24, 2.45) is 0 Å². The molecule has 0 bridgehead atoms. The lowest BCUT2D eigenvalue weighted by atomic mass is 10.1. The first-order chi connectivity index (χ1) is 29.5. The van der Waals surface area contributed by atoms with Crippen molar-refractivity contribution in [1.82, 2.24) is 0 Å². The zero-order valence-corrected chi connectivity index (χ0v) is 37.6. The monoisotopic (exact) mass is 825 g/mol. The molecule has 1 unspecified atom stereocenters. The predicted octanol–water partition coefficient (Wildman–Crippen LogP) is 14.9. The number of ether oxygens (including phenoxy) is 3. The Morgan fingerprint density at radius 3 is 1.20 bits per heavy atom. The maximum Gasteiger partial charge on any atom is 0.306 e. The lowest BCUT2D eigenvalue weighted by Crippen LogP contribution is -2.30. The van der Waals surface area contributed by atoms with Crippen LogP contribution in [0.4, 0.5) is 0 Å². The molecule has 0 aromatic rings. The van der Waals surface area contributed by atoms with Crippen LogP contribution < -0.4 is 0 Å². The molecular formula is C54H80O6. The zero-order valence-electron chi connectivity index (χ0n) is 37.6. The fourth-order valence-corrected chi connectivity index (χ4v) is 5.37. The molecule has 0 aromatic carbocycles. The summed E-state index contributed by atoms with van der Waals surface area (Å²) in [4.78, 5) is 37.8. The number of carbonyl (C=O) groups excluding carboxylic acids is 3. The summed E-state index contributed by atoms with van der Waals surface area (Å²) in [5.74, 6) is -1.11. The summed E-state index contributed by atoms with van der Waals surface area (Å²) in [7, 11) is 0. The van der Waals surface area contributed by atoms with Crippen LogP contribution in [-0.4, -0.2) is 37.2 Å². The highest BCUT2D eigenvalue weighted by Gasteiger charge is 2.19. The topological polar surface area (TPSA) is 78.9 Å². The van der Waals surface area contributed by atoms with Gasteiger partial charge in [0.15, 0.2) is 6.10 Å². The molecule has 0 rings (SSSR count). The highest BCUT2D eigenvalue weighted by Crippen LogP contribution is 2.10. The van der Waals surface area contributed by atoms with Crippen LogP contribution in [0, 0.1) is 0 Å². The Morgan fingerprint density at radius 2 is 0.700 bits per heavy atom. The lowest BCUT2D eigenvalue weighted by Gasteiger charge is -2.18. The van der Waals surface area contributed by atoms with E-state index >= 15 is 0 Å². The Labute approximate surface area is 366 Å². The molecule has 0 radical (unpaired) electrons. The fraction of sp³-hybridized carbons (Fsp3) is 0.500. The maximum absolute atomic E-state index is 12.7. The molecular weight excluding hydrogens is 745 g/mol. The van der Waals surface area contributed by atoms with E-state index in [2.05, 4.69) is 112 Å². The number of hydrogen-bond acceptors (Lipinski definition) is 6. The van der Waals surface area contributed by atoms with E-state index in [4.69, 9.17) is 14.2 Å². The van der Waals surface area contributed by atoms with Gasteiger partial charge in [0.1, 0.15) is 13.2 Å². The normalized spacial score (nSPS) is 13.4. The van der Waals surface area contributed by atoms with E-state index in [0.717, 1.165) is 96.3 Å². The summed E-state index contributed by atoms with van der Waals surface area (Å²) in [6.07, 6.45) is 67.0. The van der Waals surface area contributed by atoms with Crippen molar-refractivity contribution in [3.63, 3.8) is 0 Å². The highest BCUT2D eigenvalue weighted by molar-refractivity contribution is 5.71. The third-order valence-corrected chi connectivity index (χ3v) is 8.70. The molecule has 1 atom stereocenters. The number of rotatable bonds is 38. The molecule has 0 aliphatic carbocycles. The van der Waals surface area contributed by atoms with Gasteiger partial charge in [0.05, 0.1) is 0 Å². The van der Waals surface area contributed by atoms with Crippen LogP contribution in [-0.2, 0) is 28.6 Å². The first-order valence-electron chi connectivity index (χ1n) is 22.9. The minimum absolute atomic E-state index is 0.139. The van der Waals surface area contributed by atoms with E-state index in [1.54, 1.807) is 0 Å². The van der Waals surface area contributed by atoms with Gasteiger partial charge in [-0.3, -0.25) is 14.4 Å². The smallest absolute Gasteiger partial charge is 0.306 e. The Morgan fingerprint density at radius 1 is 0.350 bits per heavy atom. The minimum atomic E-state index is -0.848. The van der Waals surface area contributed by atoms with Gasteiger partial charge in [-0.05, 0) is 96.3 Å². The lowest BCUT2D eigenvalue weighted by molar-refractivity contribution is -0.167. The molecule has 0 aromatic heterocycles. The molecule has 0 heterocycles. The molecule has 6 nitrogen and oxygen atoms in total. The average molecular weight is 825 g/mol. The Kier molecular flexibility index (Phi) is 43.3. The summed E-state index contributed by atoms with van der Waals surface area (Å²) in [5.41, 5.74) is 0. The maximum atomic E-state index is 12.7. The number of allylic oxidation sites excluding steroid dienone is 24. The number of carbonyl (C=O) groups is 3. The average Bonchev–Trinajstić information content (AvgIpc) is 3.24. The van der Waals surface area contributed by atoms with Crippen molar-refractivity contribution in [2.75, 3.05) is 13.2 Å². The summed E-state index contributed by atoms with van der Waals surface area (Å²) < 4.78 is 16.6. The second-order valence-corrected chi connectivity index (χ2v) is 14.3. The van der Waals surface area contributed by atoms with E-state index < -0.39 is 12.1 Å². The predicted molar refractivity (Wildman–Crippen MR) is 255 cm³/mol. The molecule has 0 saturated carbocycles. The van der Waals surface area contributed by atoms with Crippen molar-refractivity contribution < 1.29 is 28.6 Å². The van der Waals surface area contributed by atoms with Crippen LogP contribution in [0.2, 0.25) is 0 Å². The highest BCUT2D eigenvalue weighted by atomic mass is 16.6. The van der Waals surface area contributed by atoms with Crippen LogP contribution in [0.25, 0.3) is 0 Å². The SMILES string of the molecule is CC\C=C/C=C\C=C/C=C\C=C/CCCC(=O)OC(COC(=O)CCC/C=C\C/C=C\C/C=C\C/C=C\C/C=C\CC)COC(=O)CCCCCCC/C=C\C/C=C\CC. The summed E-state index contributed by atoms with van der Waals surface area (Å²) >= 11 is 0. The van der Waals surface area contributed by atoms with Crippen LogP contribution >= 0.6 is 0 Å². The molecule has 60 heavy (non-hydrogen) atoms. The van der Waals surface area contributed by atoms with Gasteiger partial charge in [0, 0.05) is 19.3 Å². The first kappa shape index (κ1) is 55.3. The fourth-order valence-electron chi connectivity index (χ4n) is 5.37. The minimum Gasteiger partial charge on any atom is -0.462 e. The molecule has 332 valence electrons. The molecule has 0 spiro atoms. The van der Waals surface area contributed by atoms with Gasteiger partial charge < -0.3 is 14.2 Å². The summed E-state index contributed by atoms with van der Waals surface area (Å²) in [5, 5.41) is 0. The van der Waals surface area contributed by atoms with Crippen molar-refractivity contribution in [2.45, 2.75) is 162 Å². The molecule has 0 aliphatic rings. The van der Waals surface area contributed by atoms with Gasteiger partial charge in [0.2, 0.25) is 0 Å². The van der Waals surface area contributed by atoms with Crippen molar-refractivity contribution in [3.05, 3.63) is 146 Å². The van der Waals surface area contributed by atoms with Crippen molar-refractivity contribution in [1.29, 1.82) is 0 Å². The largest absolute Gasteiger partial charge is 0.462 e. The summed E-state index contributed by atoms with van der Waals surface area (Å²) in [6, 6.07) is 0. The Hall–Kier alpha value is -4.71. The van der Waals surface area contributed by atoms with Gasteiger partial charge >= 0.3 is 17.9 Å². The van der Waals surface area contributed by atoms with Crippen LogP contribution in [0.5, 0.6) is 0 Å². The van der Waals surface area contributed by atoms with E-state index in [-0.39, 0.29) is 38.0 Å². The van der Waals surface area contributed by atoms with Crippen LogP contribution in [0.3, 0.4) is 0 Å². The van der Waals surface area contributed by atoms with E-state index in [9.17, 15) is 14.4 Å². The number of esters is 3. The summed E-state index contributed by atoms with van der Waals surface area (Å²) in [6.45, 7) is 6.10. The van der Waals surface area contributed by atoms with E-state index in [1.165, 1.54) is 0 Å². The first-order valence-corrected chi connectivity index (χ1v) is 22.9. The van der Waals surface area contributed by atoms with Crippen LogP contribution in [0.1, 0.15) is 156 Å². The van der Waals surface area contributed by atoms with E-state index in [0.29, 0.717) is 25.7 Å². The van der Waals surface area contributed by atoms with Gasteiger partial charge in [-0.15, -0.1) is 0 Å². The quantitative estimate of drug-likeness (QED) is 0.0203.